The van der Waals surface area contributed by atoms with Crippen LogP contribution in [0.3, 0.4) is 0 Å². The molecule has 0 saturated carbocycles. The highest BCUT2D eigenvalue weighted by atomic mass is 79.9. The number of hydrogen-bond acceptors (Lipinski definition) is 3. The molecular formula is C14H16BrNS2. The van der Waals surface area contributed by atoms with Gasteiger partial charge in [-0.1, -0.05) is 0 Å². The summed E-state index contributed by atoms with van der Waals surface area (Å²) in [6.45, 7) is 2.16. The van der Waals surface area contributed by atoms with Crippen molar-refractivity contribution < 1.29 is 0 Å². The van der Waals surface area contributed by atoms with E-state index in [0.717, 1.165) is 0 Å². The number of rotatable bonds is 3. The summed E-state index contributed by atoms with van der Waals surface area (Å²) < 4.78 is 1.25. The van der Waals surface area contributed by atoms with E-state index in [4.69, 9.17) is 0 Å². The molecule has 1 aliphatic carbocycles. The highest BCUT2D eigenvalue weighted by Gasteiger charge is 2.22. The largest absolute Gasteiger partial charge is 0.308 e. The van der Waals surface area contributed by atoms with E-state index in [0.29, 0.717) is 6.04 Å². The maximum absolute atomic E-state index is 3.62. The molecule has 1 aliphatic rings. The lowest BCUT2D eigenvalue weighted by Gasteiger charge is -2.12. The molecule has 0 aromatic carbocycles. The Bertz CT molecular complexity index is 529. The predicted molar refractivity (Wildman–Crippen MR) is 84.0 cm³/mol. The molecule has 2 aromatic rings. The van der Waals surface area contributed by atoms with Gasteiger partial charge in [0.05, 0.1) is 9.83 Å². The third-order valence-electron chi connectivity index (χ3n) is 3.50. The molecule has 0 radical (unpaired) electrons. The van der Waals surface area contributed by atoms with Gasteiger partial charge in [-0.2, -0.15) is 0 Å². The molecule has 96 valence electrons. The van der Waals surface area contributed by atoms with Crippen molar-refractivity contribution in [2.45, 2.75) is 32.2 Å². The van der Waals surface area contributed by atoms with E-state index in [2.05, 4.69) is 47.4 Å². The lowest BCUT2D eigenvalue weighted by atomic mass is 10.1. The highest BCUT2D eigenvalue weighted by molar-refractivity contribution is 9.11. The van der Waals surface area contributed by atoms with Crippen LogP contribution in [0.5, 0.6) is 0 Å². The van der Waals surface area contributed by atoms with Crippen LogP contribution in [0, 0.1) is 6.92 Å². The van der Waals surface area contributed by atoms with E-state index < -0.39 is 0 Å². The Kier molecular flexibility index (Phi) is 3.63. The fraction of sp³-hybridized carbons (Fsp3) is 0.429. The van der Waals surface area contributed by atoms with Crippen LogP contribution in [-0.4, -0.2) is 7.05 Å². The Morgan fingerprint density at radius 1 is 1.22 bits per heavy atom. The summed E-state index contributed by atoms with van der Waals surface area (Å²) >= 11 is 7.46. The summed E-state index contributed by atoms with van der Waals surface area (Å²) in [6, 6.07) is 5.06. The Morgan fingerprint density at radius 2 is 2.00 bits per heavy atom. The Balaban J connectivity index is 1.96. The number of nitrogens with one attached hydrogen (secondary N) is 1. The first kappa shape index (κ1) is 12.9. The maximum Gasteiger partial charge on any atom is 0.0763 e. The third kappa shape index (κ3) is 2.20. The fourth-order valence-electron chi connectivity index (χ4n) is 2.54. The minimum absolute atomic E-state index is 0.357. The number of fused-ring (bicyclic) bond motifs is 1. The molecule has 0 fully saturated rings. The molecular weight excluding hydrogens is 326 g/mol. The van der Waals surface area contributed by atoms with Gasteiger partial charge in [0.2, 0.25) is 0 Å². The second kappa shape index (κ2) is 5.08. The van der Waals surface area contributed by atoms with Crippen molar-refractivity contribution in [3.8, 4) is 0 Å². The zero-order valence-corrected chi connectivity index (χ0v) is 13.8. The molecule has 0 spiro atoms. The third-order valence-corrected chi connectivity index (χ3v) is 7.00. The Morgan fingerprint density at radius 3 is 2.61 bits per heavy atom. The van der Waals surface area contributed by atoms with Crippen LogP contribution in [0.1, 0.15) is 38.2 Å². The van der Waals surface area contributed by atoms with Gasteiger partial charge < -0.3 is 5.32 Å². The van der Waals surface area contributed by atoms with Crippen LogP contribution in [0.2, 0.25) is 0 Å². The number of thiophene rings is 2. The molecule has 1 nitrogen and oxygen atoms in total. The summed E-state index contributed by atoms with van der Waals surface area (Å²) in [7, 11) is 2.05. The van der Waals surface area contributed by atoms with Crippen LogP contribution in [-0.2, 0) is 12.8 Å². The molecule has 0 amide bonds. The number of halogens is 1. The normalized spacial score (nSPS) is 15.9. The van der Waals surface area contributed by atoms with Gasteiger partial charge in [0.25, 0.3) is 0 Å². The standard InChI is InChI=1S/C14H16BrNS2/c1-8-6-11(18-14(8)15)13(16-2)12-7-9-4-3-5-10(9)17-12/h6-7,13,16H,3-5H2,1-2H3. The van der Waals surface area contributed by atoms with E-state index >= 15 is 0 Å². The predicted octanol–water partition coefficient (Wildman–Crippen LogP) is 4.68. The average Bonchev–Trinajstić information content (AvgIpc) is 2.96. The molecule has 1 N–H and O–H groups in total. The van der Waals surface area contributed by atoms with Crippen molar-refractivity contribution in [3.63, 3.8) is 0 Å². The van der Waals surface area contributed by atoms with Gasteiger partial charge in [0.1, 0.15) is 0 Å². The quantitative estimate of drug-likeness (QED) is 0.854. The highest BCUT2D eigenvalue weighted by Crippen LogP contribution is 2.39. The fourth-order valence-corrected chi connectivity index (χ4v) is 5.71. The molecule has 2 aromatic heterocycles. The first-order valence-electron chi connectivity index (χ1n) is 6.23. The van der Waals surface area contributed by atoms with Gasteiger partial charge in [0.15, 0.2) is 0 Å². The van der Waals surface area contributed by atoms with Crippen molar-refractivity contribution in [3.05, 3.63) is 41.7 Å². The summed E-state index contributed by atoms with van der Waals surface area (Å²) in [5, 5.41) is 3.46. The molecule has 4 heteroatoms. The molecule has 1 atom stereocenters. The summed E-state index contributed by atoms with van der Waals surface area (Å²) in [5.74, 6) is 0. The number of hydrogen-bond donors (Lipinski definition) is 1. The van der Waals surface area contributed by atoms with E-state index in [9.17, 15) is 0 Å². The molecule has 0 aliphatic heterocycles. The molecule has 0 bridgehead atoms. The summed E-state index contributed by atoms with van der Waals surface area (Å²) in [6.07, 6.45) is 3.90. The van der Waals surface area contributed by atoms with Crippen LogP contribution < -0.4 is 5.32 Å². The van der Waals surface area contributed by atoms with Crippen molar-refractivity contribution in [1.82, 2.24) is 5.32 Å². The van der Waals surface area contributed by atoms with Crippen LogP contribution >= 0.6 is 38.6 Å². The minimum atomic E-state index is 0.357. The second-order valence-corrected chi connectivity index (χ2v) is 8.35. The van der Waals surface area contributed by atoms with Crippen LogP contribution in [0.15, 0.2) is 15.9 Å². The zero-order valence-electron chi connectivity index (χ0n) is 10.5. The minimum Gasteiger partial charge on any atom is -0.308 e. The monoisotopic (exact) mass is 341 g/mol. The lowest BCUT2D eigenvalue weighted by Crippen LogP contribution is -2.15. The van der Waals surface area contributed by atoms with Crippen LogP contribution in [0.4, 0.5) is 0 Å². The van der Waals surface area contributed by atoms with Gasteiger partial charge in [0, 0.05) is 14.6 Å². The smallest absolute Gasteiger partial charge is 0.0763 e. The van der Waals surface area contributed by atoms with Gasteiger partial charge in [-0.3, -0.25) is 0 Å². The summed E-state index contributed by atoms with van der Waals surface area (Å²) in [4.78, 5) is 4.48. The first-order valence-corrected chi connectivity index (χ1v) is 8.66. The van der Waals surface area contributed by atoms with Crippen molar-refractivity contribution in [1.29, 1.82) is 0 Å². The van der Waals surface area contributed by atoms with E-state index in [1.54, 1.807) is 10.4 Å². The Hall–Kier alpha value is -0.160. The van der Waals surface area contributed by atoms with E-state index in [-0.39, 0.29) is 0 Å². The van der Waals surface area contributed by atoms with Crippen molar-refractivity contribution >= 4 is 38.6 Å². The molecule has 3 rings (SSSR count). The molecule has 0 saturated heterocycles. The zero-order chi connectivity index (χ0) is 12.7. The average molecular weight is 342 g/mol. The van der Waals surface area contributed by atoms with Crippen molar-refractivity contribution in [2.75, 3.05) is 7.05 Å². The summed E-state index contributed by atoms with van der Waals surface area (Å²) in [5.41, 5.74) is 2.92. The second-order valence-electron chi connectivity index (χ2n) is 4.78. The van der Waals surface area contributed by atoms with Crippen molar-refractivity contribution in [2.24, 2.45) is 0 Å². The van der Waals surface area contributed by atoms with E-state index in [1.807, 2.05) is 22.7 Å². The van der Waals surface area contributed by atoms with Crippen LogP contribution in [0.25, 0.3) is 0 Å². The number of aryl methyl sites for hydroxylation is 3. The molecule has 18 heavy (non-hydrogen) atoms. The topological polar surface area (TPSA) is 12.0 Å². The Labute approximate surface area is 124 Å². The SMILES string of the molecule is CNC(c1cc(C)c(Br)s1)c1cc2c(s1)CCC2. The van der Waals surface area contributed by atoms with Gasteiger partial charge >= 0.3 is 0 Å². The molecule has 1 unspecified atom stereocenters. The maximum atomic E-state index is 3.62. The van der Waals surface area contributed by atoms with Gasteiger partial charge in [-0.15, -0.1) is 22.7 Å². The van der Waals surface area contributed by atoms with Gasteiger partial charge in [-0.25, -0.2) is 0 Å². The van der Waals surface area contributed by atoms with Gasteiger partial charge in [-0.05, 0) is 72.4 Å². The first-order chi connectivity index (χ1) is 8.69. The lowest BCUT2D eigenvalue weighted by molar-refractivity contribution is 0.715. The molecule has 2 heterocycles. The van der Waals surface area contributed by atoms with E-state index in [1.165, 1.54) is 38.4 Å².